The molecule has 0 aliphatic carbocycles. The average molecular weight is 304 g/mol. The Balaban J connectivity index is 2.55. The zero-order valence-corrected chi connectivity index (χ0v) is 10.4. The van der Waals surface area contributed by atoms with Crippen LogP contribution in [0.15, 0.2) is 27.8 Å². The zero-order valence-electron chi connectivity index (χ0n) is 8.78. The van der Waals surface area contributed by atoms with Crippen LogP contribution in [0.1, 0.15) is 16.8 Å². The third-order valence-electron chi connectivity index (χ3n) is 1.98. The first kappa shape index (κ1) is 13.4. The van der Waals surface area contributed by atoms with Gasteiger partial charge in [-0.3, -0.25) is 4.79 Å². The second kappa shape index (κ2) is 6.19. The maximum Gasteiger partial charge on any atom is 0.251 e. The molecule has 0 heterocycles. The van der Waals surface area contributed by atoms with Crippen molar-refractivity contribution < 1.29 is 14.4 Å². The van der Waals surface area contributed by atoms with E-state index in [1.807, 2.05) is 0 Å². The van der Waals surface area contributed by atoms with Crippen molar-refractivity contribution in [1.29, 1.82) is 0 Å². The average Bonchev–Trinajstić information content (AvgIpc) is 2.32. The van der Waals surface area contributed by atoms with E-state index in [1.54, 1.807) is 0 Å². The van der Waals surface area contributed by atoms with Crippen molar-refractivity contribution in [2.75, 3.05) is 6.54 Å². The van der Waals surface area contributed by atoms with Gasteiger partial charge in [0.15, 0.2) is 0 Å². The van der Waals surface area contributed by atoms with E-state index in [9.17, 15) is 9.18 Å². The third-order valence-corrected chi connectivity index (χ3v) is 2.58. The molecule has 0 aromatic heterocycles. The molecule has 0 saturated carbocycles. The predicted molar refractivity (Wildman–Crippen MR) is 64.5 cm³/mol. The Hall–Kier alpha value is -1.63. The van der Waals surface area contributed by atoms with Gasteiger partial charge in [0.1, 0.15) is 11.7 Å². The lowest BCUT2D eigenvalue weighted by molar-refractivity contribution is 0.0954. The first-order valence-corrected chi connectivity index (χ1v) is 5.53. The van der Waals surface area contributed by atoms with Gasteiger partial charge in [-0.1, -0.05) is 5.16 Å². The number of carbonyl (C=O) groups is 1. The second-order valence-electron chi connectivity index (χ2n) is 3.23. The molecule has 1 aromatic carbocycles. The standard InChI is InChI=1S/C10H11BrFN3O2/c11-7-5-6(1-2-8(7)12)10(16)14-4-3-9(13)15-17/h1-2,5,17H,3-4H2,(H2,13,15)(H,14,16). The van der Waals surface area contributed by atoms with Crippen LogP contribution in [0.2, 0.25) is 0 Å². The molecule has 5 nitrogen and oxygen atoms in total. The fraction of sp³-hybridized carbons (Fsp3) is 0.200. The molecule has 92 valence electrons. The van der Waals surface area contributed by atoms with Crippen LogP contribution >= 0.6 is 15.9 Å². The number of hydrogen-bond acceptors (Lipinski definition) is 3. The van der Waals surface area contributed by atoms with E-state index in [1.165, 1.54) is 18.2 Å². The number of amidine groups is 1. The summed E-state index contributed by atoms with van der Waals surface area (Å²) >= 11 is 2.99. The Kier molecular flexibility index (Phi) is 4.89. The van der Waals surface area contributed by atoms with Crippen molar-refractivity contribution in [3.63, 3.8) is 0 Å². The quantitative estimate of drug-likeness (QED) is 0.340. The number of nitrogens with zero attached hydrogens (tertiary/aromatic N) is 1. The normalized spacial score (nSPS) is 11.3. The smallest absolute Gasteiger partial charge is 0.251 e. The molecule has 1 aromatic rings. The summed E-state index contributed by atoms with van der Waals surface area (Å²) in [6.07, 6.45) is 0.241. The molecule has 0 spiro atoms. The summed E-state index contributed by atoms with van der Waals surface area (Å²) in [4.78, 5) is 11.6. The number of nitrogens with one attached hydrogen (secondary N) is 1. The van der Waals surface area contributed by atoms with Crippen molar-refractivity contribution in [2.24, 2.45) is 10.9 Å². The van der Waals surface area contributed by atoms with Gasteiger partial charge >= 0.3 is 0 Å². The van der Waals surface area contributed by atoms with E-state index in [4.69, 9.17) is 10.9 Å². The fourth-order valence-corrected chi connectivity index (χ4v) is 1.47. The summed E-state index contributed by atoms with van der Waals surface area (Å²) in [6.45, 7) is 0.240. The largest absolute Gasteiger partial charge is 0.409 e. The van der Waals surface area contributed by atoms with Gasteiger partial charge in [-0.05, 0) is 34.1 Å². The second-order valence-corrected chi connectivity index (χ2v) is 4.08. The highest BCUT2D eigenvalue weighted by Gasteiger charge is 2.08. The SMILES string of the molecule is N/C(CCNC(=O)c1ccc(F)c(Br)c1)=N/O. The van der Waals surface area contributed by atoms with Gasteiger partial charge in [-0.25, -0.2) is 4.39 Å². The van der Waals surface area contributed by atoms with Crippen molar-refractivity contribution in [3.8, 4) is 0 Å². The highest BCUT2D eigenvalue weighted by molar-refractivity contribution is 9.10. The molecule has 0 fully saturated rings. The van der Waals surface area contributed by atoms with Gasteiger partial charge in [-0.15, -0.1) is 0 Å². The number of amides is 1. The minimum atomic E-state index is -0.432. The van der Waals surface area contributed by atoms with Crippen LogP contribution in [0.25, 0.3) is 0 Å². The van der Waals surface area contributed by atoms with Crippen molar-refractivity contribution in [1.82, 2.24) is 5.32 Å². The van der Waals surface area contributed by atoms with Crippen LogP contribution < -0.4 is 11.1 Å². The van der Waals surface area contributed by atoms with Crippen LogP contribution in [-0.4, -0.2) is 23.5 Å². The molecule has 0 atom stereocenters. The highest BCUT2D eigenvalue weighted by Crippen LogP contribution is 2.16. The summed E-state index contributed by atoms with van der Waals surface area (Å²) in [6, 6.07) is 3.95. The van der Waals surface area contributed by atoms with Gasteiger partial charge in [0, 0.05) is 18.5 Å². The third kappa shape index (κ3) is 4.03. The summed E-state index contributed by atoms with van der Waals surface area (Å²) in [7, 11) is 0. The number of halogens is 2. The monoisotopic (exact) mass is 303 g/mol. The van der Waals surface area contributed by atoms with Gasteiger partial charge in [-0.2, -0.15) is 0 Å². The summed E-state index contributed by atoms with van der Waals surface area (Å²) < 4.78 is 13.2. The minimum absolute atomic E-state index is 0.0330. The molecule has 0 aliphatic rings. The van der Waals surface area contributed by atoms with Crippen LogP contribution in [-0.2, 0) is 0 Å². The van der Waals surface area contributed by atoms with Crippen LogP contribution in [0.4, 0.5) is 4.39 Å². The van der Waals surface area contributed by atoms with Crippen molar-refractivity contribution in [2.45, 2.75) is 6.42 Å². The van der Waals surface area contributed by atoms with Crippen LogP contribution in [0, 0.1) is 5.82 Å². The molecule has 0 saturated heterocycles. The van der Waals surface area contributed by atoms with Crippen molar-refractivity contribution in [3.05, 3.63) is 34.1 Å². The molecule has 1 amide bonds. The Morgan fingerprint density at radius 2 is 2.29 bits per heavy atom. The van der Waals surface area contributed by atoms with E-state index in [-0.39, 0.29) is 29.2 Å². The molecular weight excluding hydrogens is 293 g/mol. The molecule has 0 bridgehead atoms. The Morgan fingerprint density at radius 1 is 1.59 bits per heavy atom. The predicted octanol–water partition coefficient (Wildman–Crippen LogP) is 1.45. The van der Waals surface area contributed by atoms with E-state index in [2.05, 4.69) is 26.4 Å². The van der Waals surface area contributed by atoms with E-state index in [0.717, 1.165) is 0 Å². The van der Waals surface area contributed by atoms with Crippen LogP contribution in [0.5, 0.6) is 0 Å². The number of carbonyl (C=O) groups excluding carboxylic acids is 1. The van der Waals surface area contributed by atoms with E-state index < -0.39 is 5.82 Å². The maximum atomic E-state index is 12.9. The Morgan fingerprint density at radius 3 is 2.88 bits per heavy atom. The summed E-state index contributed by atoms with van der Waals surface area (Å²) in [5, 5.41) is 13.6. The highest BCUT2D eigenvalue weighted by atomic mass is 79.9. The summed E-state index contributed by atoms with van der Waals surface area (Å²) in [5.74, 6) is -0.750. The minimum Gasteiger partial charge on any atom is -0.409 e. The maximum absolute atomic E-state index is 12.9. The van der Waals surface area contributed by atoms with Gasteiger partial charge in [0.2, 0.25) is 0 Å². The fourth-order valence-electron chi connectivity index (χ4n) is 1.09. The number of hydrogen-bond donors (Lipinski definition) is 3. The molecule has 0 unspecified atom stereocenters. The van der Waals surface area contributed by atoms with Gasteiger partial charge in [0.25, 0.3) is 5.91 Å². The molecule has 7 heteroatoms. The first-order chi connectivity index (χ1) is 8.04. The number of benzene rings is 1. The Labute approximate surface area is 106 Å². The lowest BCUT2D eigenvalue weighted by Crippen LogP contribution is -2.28. The topological polar surface area (TPSA) is 87.7 Å². The summed E-state index contributed by atoms with van der Waals surface area (Å²) in [5.41, 5.74) is 5.56. The number of rotatable bonds is 4. The lowest BCUT2D eigenvalue weighted by atomic mass is 10.2. The molecule has 4 N–H and O–H groups in total. The zero-order chi connectivity index (χ0) is 12.8. The first-order valence-electron chi connectivity index (χ1n) is 4.74. The van der Waals surface area contributed by atoms with E-state index >= 15 is 0 Å². The van der Waals surface area contributed by atoms with Gasteiger partial charge in [0.05, 0.1) is 4.47 Å². The lowest BCUT2D eigenvalue weighted by Gasteiger charge is -2.05. The molecule has 17 heavy (non-hydrogen) atoms. The van der Waals surface area contributed by atoms with Gasteiger partial charge < -0.3 is 16.3 Å². The molecule has 0 radical (unpaired) electrons. The number of oxime groups is 1. The van der Waals surface area contributed by atoms with Crippen LogP contribution in [0.3, 0.4) is 0 Å². The Bertz CT molecular complexity index is 451. The molecular formula is C10H11BrFN3O2. The van der Waals surface area contributed by atoms with E-state index in [0.29, 0.717) is 5.56 Å². The molecule has 0 aliphatic heterocycles. The number of nitrogens with two attached hydrogens (primary N) is 1. The van der Waals surface area contributed by atoms with Crippen molar-refractivity contribution >= 4 is 27.7 Å². The molecule has 1 rings (SSSR count).